The lowest BCUT2D eigenvalue weighted by Gasteiger charge is -2.30. The molecule has 0 saturated carbocycles. The highest BCUT2D eigenvalue weighted by Crippen LogP contribution is 2.36. The fourth-order valence-corrected chi connectivity index (χ4v) is 4.95. The van der Waals surface area contributed by atoms with E-state index in [1.54, 1.807) is 7.11 Å². The van der Waals surface area contributed by atoms with Gasteiger partial charge >= 0.3 is 5.97 Å². The van der Waals surface area contributed by atoms with E-state index in [-0.39, 0.29) is 6.04 Å². The molecule has 0 amide bonds. The molecule has 6 rings (SSSR count). The van der Waals surface area contributed by atoms with Crippen molar-refractivity contribution in [2.24, 2.45) is 0 Å². The Morgan fingerprint density at radius 3 is 2.82 bits per heavy atom. The zero-order chi connectivity index (χ0) is 23.2. The van der Waals surface area contributed by atoms with E-state index in [9.17, 15) is 9.90 Å². The molecule has 0 fully saturated rings. The Labute approximate surface area is 195 Å². The zero-order valence-electron chi connectivity index (χ0n) is 18.5. The summed E-state index contributed by atoms with van der Waals surface area (Å²) in [5.41, 5.74) is 6.72. The lowest BCUT2D eigenvalue weighted by Crippen LogP contribution is -2.45. The predicted octanol–water partition coefficient (Wildman–Crippen LogP) is 3.66. The average molecular weight is 454 g/mol. The van der Waals surface area contributed by atoms with E-state index in [0.29, 0.717) is 13.0 Å². The summed E-state index contributed by atoms with van der Waals surface area (Å²) in [5, 5.41) is 22.8. The number of aromatic nitrogens is 4. The third-order valence-corrected chi connectivity index (χ3v) is 6.59. The lowest BCUT2D eigenvalue weighted by atomic mass is 9.89. The third-order valence-electron chi connectivity index (χ3n) is 6.59. The minimum atomic E-state index is -0.858. The summed E-state index contributed by atoms with van der Waals surface area (Å²) in [6, 6.07) is 20.9. The molecule has 0 radical (unpaired) electrons. The van der Waals surface area contributed by atoms with Crippen molar-refractivity contribution in [2.75, 3.05) is 7.11 Å². The number of aromatic amines is 1. The molecule has 170 valence electrons. The number of hydrogen-bond acceptors (Lipinski definition) is 5. The van der Waals surface area contributed by atoms with Crippen LogP contribution in [0.1, 0.15) is 28.4 Å². The van der Waals surface area contributed by atoms with Gasteiger partial charge in [-0.25, -0.2) is 4.68 Å². The zero-order valence-corrected chi connectivity index (χ0v) is 18.5. The van der Waals surface area contributed by atoms with Gasteiger partial charge < -0.3 is 14.8 Å². The number of aliphatic carboxylic acids is 1. The number of carboxylic acid groups (broad SMARTS) is 1. The van der Waals surface area contributed by atoms with Crippen LogP contribution < -0.4 is 10.1 Å². The summed E-state index contributed by atoms with van der Waals surface area (Å²) in [5.74, 6) is -0.116. The number of hydrogen-bond donors (Lipinski definition) is 3. The van der Waals surface area contributed by atoms with Gasteiger partial charge in [0.25, 0.3) is 0 Å². The van der Waals surface area contributed by atoms with Gasteiger partial charge in [-0.3, -0.25) is 10.1 Å². The summed E-state index contributed by atoms with van der Waals surface area (Å²) in [6.07, 6.45) is 0.430. The van der Waals surface area contributed by atoms with Gasteiger partial charge in [-0.1, -0.05) is 41.6 Å². The van der Waals surface area contributed by atoms with Gasteiger partial charge in [0.1, 0.15) is 17.3 Å². The van der Waals surface area contributed by atoms with Crippen molar-refractivity contribution in [2.45, 2.75) is 25.0 Å². The maximum atomic E-state index is 12.0. The van der Waals surface area contributed by atoms with Crippen LogP contribution in [0.4, 0.5) is 0 Å². The number of fused-ring (bicyclic) bond motifs is 4. The molecular formula is C26H23N5O3. The van der Waals surface area contributed by atoms with Crippen molar-refractivity contribution in [1.29, 1.82) is 0 Å². The fourth-order valence-electron chi connectivity index (χ4n) is 4.95. The van der Waals surface area contributed by atoms with Gasteiger partial charge in [0.15, 0.2) is 0 Å². The van der Waals surface area contributed by atoms with Crippen LogP contribution in [-0.2, 0) is 17.8 Å². The quantitative estimate of drug-likeness (QED) is 0.375. The molecule has 0 unspecified atom stereocenters. The highest BCUT2D eigenvalue weighted by molar-refractivity contribution is 5.87. The molecule has 0 aliphatic carbocycles. The first-order chi connectivity index (χ1) is 16.6. The highest BCUT2D eigenvalue weighted by atomic mass is 16.5. The largest absolute Gasteiger partial charge is 0.496 e. The second-order valence-electron chi connectivity index (χ2n) is 8.56. The number of methoxy groups -OCH3 is 1. The summed E-state index contributed by atoms with van der Waals surface area (Å²) in [4.78, 5) is 15.5. The average Bonchev–Trinajstić information content (AvgIpc) is 3.45. The van der Waals surface area contributed by atoms with Crippen molar-refractivity contribution in [3.63, 3.8) is 0 Å². The molecule has 5 aromatic rings. The van der Waals surface area contributed by atoms with Gasteiger partial charge in [0.2, 0.25) is 0 Å². The van der Waals surface area contributed by atoms with E-state index in [1.807, 2.05) is 65.3 Å². The molecule has 3 N–H and O–H groups in total. The molecule has 1 aliphatic heterocycles. The Morgan fingerprint density at radius 1 is 1.15 bits per heavy atom. The molecule has 2 atom stereocenters. The first kappa shape index (κ1) is 20.4. The van der Waals surface area contributed by atoms with Crippen LogP contribution in [-0.4, -0.2) is 44.2 Å². The number of nitrogens with zero attached hydrogens (tertiary/aromatic N) is 3. The fraction of sp³-hybridized carbons (Fsp3) is 0.192. The van der Waals surface area contributed by atoms with Gasteiger partial charge in [-0.15, -0.1) is 5.10 Å². The number of nitrogens with one attached hydrogen (secondary N) is 2. The van der Waals surface area contributed by atoms with Crippen molar-refractivity contribution in [3.05, 3.63) is 89.1 Å². The monoisotopic (exact) mass is 453 g/mol. The number of H-pyrrole nitrogens is 1. The minimum absolute atomic E-state index is 0.297. The SMILES string of the molecule is COc1ccc([C@@H]2N[C@H](C(=O)O)Cc3c2[nH]c2ccccc32)cc1Cn1nnc2ccccc21. The van der Waals surface area contributed by atoms with Crippen LogP contribution >= 0.6 is 0 Å². The number of rotatable bonds is 5. The van der Waals surface area contributed by atoms with Crippen LogP contribution in [0.2, 0.25) is 0 Å². The Morgan fingerprint density at radius 2 is 1.97 bits per heavy atom. The van der Waals surface area contributed by atoms with Crippen LogP contribution in [0.5, 0.6) is 5.75 Å². The van der Waals surface area contributed by atoms with Gasteiger partial charge in [-0.2, -0.15) is 0 Å². The maximum absolute atomic E-state index is 12.0. The summed E-state index contributed by atoms with van der Waals surface area (Å²) in [6.45, 7) is 0.478. The van der Waals surface area contributed by atoms with Crippen LogP contribution in [0, 0.1) is 0 Å². The van der Waals surface area contributed by atoms with Crippen LogP contribution in [0.25, 0.3) is 21.9 Å². The van der Waals surface area contributed by atoms with Crippen LogP contribution in [0.15, 0.2) is 66.7 Å². The molecule has 0 bridgehead atoms. The lowest BCUT2D eigenvalue weighted by molar-refractivity contribution is -0.139. The molecule has 3 aromatic carbocycles. The van der Waals surface area contributed by atoms with Crippen LogP contribution in [0.3, 0.4) is 0 Å². The number of benzene rings is 3. The van der Waals surface area contributed by atoms with E-state index >= 15 is 0 Å². The van der Waals surface area contributed by atoms with Gasteiger partial charge in [0, 0.05) is 28.6 Å². The minimum Gasteiger partial charge on any atom is -0.496 e. The van der Waals surface area contributed by atoms with E-state index < -0.39 is 12.0 Å². The molecule has 2 aromatic heterocycles. The number of carbonyl (C=O) groups is 1. The summed E-state index contributed by atoms with van der Waals surface area (Å²) in [7, 11) is 1.65. The van der Waals surface area contributed by atoms with Crippen molar-refractivity contribution in [1.82, 2.24) is 25.3 Å². The standard InChI is InChI=1S/C26H23N5O3/c1-34-23-11-10-15(12-16(23)14-31-22-9-5-4-8-20(22)29-30-31)24-25-18(13-21(28-24)26(32)33)17-6-2-3-7-19(17)27-25/h2-12,21,24,27-28H,13-14H2,1H3,(H,32,33)/t21-,24-/m0/s1. The maximum Gasteiger partial charge on any atom is 0.321 e. The second-order valence-corrected chi connectivity index (χ2v) is 8.56. The molecule has 1 aliphatic rings. The first-order valence-electron chi connectivity index (χ1n) is 11.2. The van der Waals surface area contributed by atoms with Gasteiger partial charge in [-0.05, 0) is 41.5 Å². The van der Waals surface area contributed by atoms with Gasteiger partial charge in [0.05, 0.1) is 25.2 Å². The topological polar surface area (TPSA) is 105 Å². The normalized spacial score (nSPS) is 17.7. The molecule has 8 nitrogen and oxygen atoms in total. The highest BCUT2D eigenvalue weighted by Gasteiger charge is 2.34. The third kappa shape index (κ3) is 3.31. The Balaban J connectivity index is 1.45. The summed E-state index contributed by atoms with van der Waals surface area (Å²) < 4.78 is 7.49. The van der Waals surface area contributed by atoms with Crippen molar-refractivity contribution in [3.8, 4) is 5.75 Å². The van der Waals surface area contributed by atoms with Crippen molar-refractivity contribution < 1.29 is 14.6 Å². The van der Waals surface area contributed by atoms with E-state index in [1.165, 1.54) is 0 Å². The number of para-hydroxylation sites is 2. The van der Waals surface area contributed by atoms with Crippen molar-refractivity contribution >= 4 is 27.9 Å². The smallest absolute Gasteiger partial charge is 0.321 e. The molecule has 0 saturated heterocycles. The summed E-state index contributed by atoms with van der Waals surface area (Å²) >= 11 is 0. The molecule has 3 heterocycles. The Hall–Kier alpha value is -4.17. The Bertz CT molecular complexity index is 1540. The molecular weight excluding hydrogens is 430 g/mol. The number of ether oxygens (including phenoxy) is 1. The van der Waals surface area contributed by atoms with E-state index in [4.69, 9.17) is 4.74 Å². The van der Waals surface area contributed by atoms with E-state index in [0.717, 1.165) is 50.1 Å². The molecule has 8 heteroatoms. The number of carboxylic acids is 1. The first-order valence-corrected chi connectivity index (χ1v) is 11.2. The Kier molecular flexibility index (Phi) is 4.81. The van der Waals surface area contributed by atoms with E-state index in [2.05, 4.69) is 26.7 Å². The second kappa shape index (κ2) is 8.00. The molecule has 0 spiro atoms. The molecule has 34 heavy (non-hydrogen) atoms. The predicted molar refractivity (Wildman–Crippen MR) is 128 cm³/mol.